The molecule has 0 fully saturated rings. The van der Waals surface area contributed by atoms with Crippen molar-refractivity contribution < 1.29 is 23.9 Å². The van der Waals surface area contributed by atoms with Crippen LogP contribution >= 0.6 is 11.8 Å². The van der Waals surface area contributed by atoms with Gasteiger partial charge in [0, 0.05) is 11.3 Å². The van der Waals surface area contributed by atoms with Gasteiger partial charge in [-0.25, -0.2) is 9.78 Å². The fourth-order valence-corrected chi connectivity index (χ4v) is 3.18. The summed E-state index contributed by atoms with van der Waals surface area (Å²) in [6, 6.07) is 15.5. The fourth-order valence-electron chi connectivity index (χ4n) is 2.63. The van der Waals surface area contributed by atoms with E-state index >= 15 is 0 Å². The van der Waals surface area contributed by atoms with E-state index in [9.17, 15) is 14.4 Å². The lowest BCUT2D eigenvalue weighted by atomic mass is 10.2. The molecule has 0 radical (unpaired) electrons. The van der Waals surface area contributed by atoms with Crippen molar-refractivity contribution in [3.63, 3.8) is 0 Å². The zero-order valence-corrected chi connectivity index (χ0v) is 17.1. The lowest BCUT2D eigenvalue weighted by Crippen LogP contribution is -2.34. The second-order valence-corrected chi connectivity index (χ2v) is 6.76. The van der Waals surface area contributed by atoms with Gasteiger partial charge in [-0.1, -0.05) is 30.0 Å². The number of rotatable bonds is 7. The Morgan fingerprint density at radius 2 is 1.77 bits per heavy atom. The molecule has 1 N–H and O–H groups in total. The van der Waals surface area contributed by atoms with Crippen LogP contribution in [-0.4, -0.2) is 47.3 Å². The molecule has 0 atom stereocenters. The third-order valence-electron chi connectivity index (χ3n) is 4.08. The monoisotopic (exact) mass is 425 g/mol. The van der Waals surface area contributed by atoms with Crippen LogP contribution in [0.2, 0.25) is 0 Å². The molecule has 9 heteroatoms. The van der Waals surface area contributed by atoms with Crippen LogP contribution < -0.4 is 10.1 Å². The molecule has 0 aliphatic rings. The van der Waals surface area contributed by atoms with Crippen LogP contribution in [0.25, 0.3) is 5.69 Å². The Balaban J connectivity index is 1.63. The van der Waals surface area contributed by atoms with E-state index in [-0.39, 0.29) is 11.3 Å². The van der Waals surface area contributed by atoms with Crippen molar-refractivity contribution in [3.8, 4) is 11.4 Å². The van der Waals surface area contributed by atoms with Gasteiger partial charge in [-0.05, 0) is 42.7 Å². The number of ether oxygens (including phenoxy) is 2. The number of imidazole rings is 1. The average Bonchev–Trinajstić information content (AvgIpc) is 3.22. The van der Waals surface area contributed by atoms with Crippen LogP contribution in [0.3, 0.4) is 0 Å². The zero-order chi connectivity index (χ0) is 21.5. The van der Waals surface area contributed by atoms with E-state index in [4.69, 9.17) is 9.47 Å². The minimum absolute atomic E-state index is 0.180. The van der Waals surface area contributed by atoms with Crippen LogP contribution in [-0.2, 0) is 9.53 Å². The molecule has 0 bridgehead atoms. The quantitative estimate of drug-likeness (QED) is 0.459. The maximum atomic E-state index is 12.5. The maximum absolute atomic E-state index is 12.5. The third kappa shape index (κ3) is 4.87. The lowest BCUT2D eigenvalue weighted by Gasteiger charge is -2.10. The van der Waals surface area contributed by atoms with E-state index in [1.165, 1.54) is 37.2 Å². The predicted octanol–water partition coefficient (Wildman–Crippen LogP) is 2.72. The first-order valence-electron chi connectivity index (χ1n) is 8.86. The molecule has 0 saturated heterocycles. The number of carbonyl (C=O) groups is 3. The molecule has 1 aromatic heterocycles. The smallest absolute Gasteiger partial charge is 0.357 e. The third-order valence-corrected chi connectivity index (χ3v) is 4.73. The molecule has 154 valence electrons. The number of para-hydroxylation sites is 1. The number of imide groups is 1. The number of methoxy groups -OCH3 is 1. The van der Waals surface area contributed by atoms with E-state index in [2.05, 4.69) is 10.3 Å². The number of amides is 2. The summed E-state index contributed by atoms with van der Waals surface area (Å²) in [6.45, 7) is -0.602. The van der Waals surface area contributed by atoms with Crippen LogP contribution in [0, 0.1) is 0 Å². The molecule has 1 heterocycles. The molecule has 30 heavy (non-hydrogen) atoms. The Labute approximate surface area is 177 Å². The minimum atomic E-state index is -0.736. The van der Waals surface area contributed by atoms with Gasteiger partial charge in [0.05, 0.1) is 13.3 Å². The van der Waals surface area contributed by atoms with Crippen molar-refractivity contribution >= 4 is 29.5 Å². The summed E-state index contributed by atoms with van der Waals surface area (Å²) in [4.78, 5) is 40.9. The van der Waals surface area contributed by atoms with E-state index in [1.54, 1.807) is 16.7 Å². The summed E-state index contributed by atoms with van der Waals surface area (Å²) in [7, 11) is 1.51. The molecular formula is C21H19N3O5S. The summed E-state index contributed by atoms with van der Waals surface area (Å²) >= 11 is 1.37. The molecule has 3 aromatic rings. The number of hydrogen-bond acceptors (Lipinski definition) is 7. The van der Waals surface area contributed by atoms with Crippen LogP contribution in [0.1, 0.15) is 20.8 Å². The van der Waals surface area contributed by atoms with Gasteiger partial charge in [-0.2, -0.15) is 0 Å². The minimum Gasteiger partial charge on any atom is -0.497 e. The summed E-state index contributed by atoms with van der Waals surface area (Å²) in [6.07, 6.45) is 3.23. The largest absolute Gasteiger partial charge is 0.497 e. The van der Waals surface area contributed by atoms with Crippen molar-refractivity contribution in [1.82, 2.24) is 14.9 Å². The van der Waals surface area contributed by atoms with Gasteiger partial charge >= 0.3 is 5.97 Å². The number of benzene rings is 2. The maximum Gasteiger partial charge on any atom is 0.357 e. The molecule has 0 saturated carbocycles. The zero-order valence-electron chi connectivity index (χ0n) is 16.3. The highest BCUT2D eigenvalue weighted by Gasteiger charge is 2.20. The first-order chi connectivity index (χ1) is 14.5. The Morgan fingerprint density at radius 1 is 1.07 bits per heavy atom. The van der Waals surface area contributed by atoms with Crippen LogP contribution in [0.15, 0.2) is 66.0 Å². The van der Waals surface area contributed by atoms with Gasteiger partial charge in [-0.15, -0.1) is 0 Å². The number of esters is 1. The van der Waals surface area contributed by atoms with Crippen molar-refractivity contribution in [3.05, 3.63) is 72.1 Å². The van der Waals surface area contributed by atoms with E-state index in [0.717, 1.165) is 5.69 Å². The first kappa shape index (κ1) is 21.1. The standard InChI is InChI=1S/C21H19N3O5S/c1-28-16-10-8-14(9-11-16)19(26)23-18(25)13-29-20(27)17-12-22-21(30-2)24(17)15-6-4-3-5-7-15/h3-12H,13H2,1-2H3,(H,23,25,26). The summed E-state index contributed by atoms with van der Waals surface area (Å²) in [5.41, 5.74) is 1.20. The van der Waals surface area contributed by atoms with E-state index in [1.807, 2.05) is 36.6 Å². The van der Waals surface area contributed by atoms with Crippen molar-refractivity contribution in [1.29, 1.82) is 0 Å². The normalized spacial score (nSPS) is 10.3. The highest BCUT2D eigenvalue weighted by atomic mass is 32.2. The number of hydrogen-bond donors (Lipinski definition) is 1. The van der Waals surface area contributed by atoms with Crippen molar-refractivity contribution in [2.24, 2.45) is 0 Å². The van der Waals surface area contributed by atoms with Gasteiger partial charge in [0.1, 0.15) is 5.75 Å². The molecule has 8 nitrogen and oxygen atoms in total. The average molecular weight is 425 g/mol. The molecule has 2 aromatic carbocycles. The van der Waals surface area contributed by atoms with Gasteiger partial charge in [0.25, 0.3) is 11.8 Å². The van der Waals surface area contributed by atoms with Gasteiger partial charge in [0.2, 0.25) is 0 Å². The number of carbonyl (C=O) groups excluding carboxylic acids is 3. The Morgan fingerprint density at radius 3 is 2.40 bits per heavy atom. The van der Waals surface area contributed by atoms with Gasteiger partial charge < -0.3 is 9.47 Å². The van der Waals surface area contributed by atoms with E-state index < -0.39 is 24.4 Å². The molecule has 3 rings (SSSR count). The lowest BCUT2D eigenvalue weighted by molar-refractivity contribution is -0.123. The second kappa shape index (κ2) is 9.75. The van der Waals surface area contributed by atoms with Crippen LogP contribution in [0.4, 0.5) is 0 Å². The number of nitrogens with one attached hydrogen (secondary N) is 1. The number of thioether (sulfide) groups is 1. The Hall–Kier alpha value is -3.59. The molecule has 0 unspecified atom stereocenters. The topological polar surface area (TPSA) is 99.5 Å². The van der Waals surface area contributed by atoms with Crippen molar-refractivity contribution in [2.45, 2.75) is 5.16 Å². The highest BCUT2D eigenvalue weighted by Crippen LogP contribution is 2.22. The SMILES string of the molecule is COc1ccc(C(=O)NC(=O)COC(=O)c2cnc(SC)n2-c2ccccc2)cc1. The van der Waals surface area contributed by atoms with Gasteiger partial charge in [0.15, 0.2) is 17.5 Å². The Bertz CT molecular complexity index is 1050. The van der Waals surface area contributed by atoms with Gasteiger partial charge in [-0.3, -0.25) is 19.5 Å². The molecule has 2 amide bonds. The van der Waals surface area contributed by atoms with Crippen molar-refractivity contribution in [2.75, 3.05) is 20.0 Å². The first-order valence-corrected chi connectivity index (χ1v) is 10.1. The molecule has 0 aliphatic heterocycles. The Kier molecular flexibility index (Phi) is 6.87. The summed E-state index contributed by atoms with van der Waals surface area (Å²) in [5.74, 6) is -1.47. The number of nitrogens with zero attached hydrogens (tertiary/aromatic N) is 2. The fraction of sp³-hybridized carbons (Fsp3) is 0.143. The van der Waals surface area contributed by atoms with E-state index in [0.29, 0.717) is 10.9 Å². The predicted molar refractivity (Wildman–Crippen MR) is 111 cm³/mol. The molecule has 0 spiro atoms. The molecule has 0 aliphatic carbocycles. The second-order valence-electron chi connectivity index (χ2n) is 5.98. The highest BCUT2D eigenvalue weighted by molar-refractivity contribution is 7.98. The molecular weight excluding hydrogens is 406 g/mol. The van der Waals surface area contributed by atoms with Crippen LogP contribution in [0.5, 0.6) is 5.75 Å². The summed E-state index contributed by atoms with van der Waals surface area (Å²) < 4.78 is 11.8. The number of aromatic nitrogens is 2. The summed E-state index contributed by atoms with van der Waals surface area (Å²) in [5, 5.41) is 2.78.